The highest BCUT2D eigenvalue weighted by molar-refractivity contribution is 6.74. The summed E-state index contributed by atoms with van der Waals surface area (Å²) in [6, 6.07) is 0. The van der Waals surface area contributed by atoms with E-state index in [1.165, 1.54) is 6.92 Å². The standard InChI is InChI=1S/C17H34O5Si/c1-9-16(12-19-14(3)18)11-17(10-2,22-21-16)13-20-23(7,8)15(4,5)6/h9-13H2,1-8H3/t16-,17+/m1/s1. The van der Waals surface area contributed by atoms with Gasteiger partial charge < -0.3 is 9.16 Å². The van der Waals surface area contributed by atoms with E-state index in [2.05, 4.69) is 40.8 Å². The van der Waals surface area contributed by atoms with E-state index >= 15 is 0 Å². The summed E-state index contributed by atoms with van der Waals surface area (Å²) in [7, 11) is -1.85. The average Bonchev–Trinajstić information content (AvgIpc) is 2.83. The molecule has 6 heteroatoms. The van der Waals surface area contributed by atoms with Gasteiger partial charge in [0.25, 0.3) is 0 Å². The minimum Gasteiger partial charge on any atom is -0.463 e. The van der Waals surface area contributed by atoms with Crippen LogP contribution in [0.2, 0.25) is 18.1 Å². The van der Waals surface area contributed by atoms with Crippen LogP contribution < -0.4 is 0 Å². The van der Waals surface area contributed by atoms with Crippen LogP contribution in [0.5, 0.6) is 0 Å². The highest BCUT2D eigenvalue weighted by Gasteiger charge is 2.52. The van der Waals surface area contributed by atoms with Gasteiger partial charge in [0.1, 0.15) is 17.8 Å². The van der Waals surface area contributed by atoms with Crippen LogP contribution in [0.1, 0.15) is 60.8 Å². The van der Waals surface area contributed by atoms with Crippen molar-refractivity contribution in [2.24, 2.45) is 0 Å². The quantitative estimate of drug-likeness (QED) is 0.392. The first-order chi connectivity index (χ1) is 10.4. The molecule has 1 heterocycles. The van der Waals surface area contributed by atoms with E-state index in [1.807, 2.05) is 6.92 Å². The summed E-state index contributed by atoms with van der Waals surface area (Å²) >= 11 is 0. The molecule has 1 saturated heterocycles. The maximum Gasteiger partial charge on any atom is 0.302 e. The lowest BCUT2D eigenvalue weighted by Gasteiger charge is -2.39. The molecule has 0 unspecified atom stereocenters. The zero-order valence-corrected chi connectivity index (χ0v) is 17.1. The van der Waals surface area contributed by atoms with Gasteiger partial charge in [-0.15, -0.1) is 0 Å². The average molecular weight is 347 g/mol. The fraction of sp³-hybridized carbons (Fsp3) is 0.941. The van der Waals surface area contributed by atoms with Gasteiger partial charge in [0.15, 0.2) is 8.32 Å². The number of hydrogen-bond acceptors (Lipinski definition) is 5. The first-order valence-corrected chi connectivity index (χ1v) is 11.5. The highest BCUT2D eigenvalue weighted by Crippen LogP contribution is 2.43. The summed E-state index contributed by atoms with van der Waals surface area (Å²) < 4.78 is 11.5. The molecule has 136 valence electrons. The molecule has 1 aliphatic heterocycles. The number of rotatable bonds is 7. The van der Waals surface area contributed by atoms with Gasteiger partial charge in [0.05, 0.1) is 6.61 Å². The second-order valence-electron chi connectivity index (χ2n) is 8.25. The fourth-order valence-corrected chi connectivity index (χ4v) is 3.36. The monoisotopic (exact) mass is 346 g/mol. The number of esters is 1. The summed E-state index contributed by atoms with van der Waals surface area (Å²) in [6.07, 6.45) is 2.19. The molecule has 0 radical (unpaired) electrons. The fourth-order valence-electron chi connectivity index (χ4n) is 2.31. The lowest BCUT2D eigenvalue weighted by Crippen LogP contribution is -2.46. The van der Waals surface area contributed by atoms with Crippen molar-refractivity contribution in [1.82, 2.24) is 0 Å². The van der Waals surface area contributed by atoms with Crippen molar-refractivity contribution in [3.63, 3.8) is 0 Å². The Kier molecular flexibility index (Phi) is 6.46. The molecule has 0 amide bonds. The van der Waals surface area contributed by atoms with E-state index in [4.69, 9.17) is 18.9 Å². The maximum absolute atomic E-state index is 11.1. The van der Waals surface area contributed by atoms with Crippen LogP contribution in [0, 0.1) is 0 Å². The van der Waals surface area contributed by atoms with Gasteiger partial charge in [0, 0.05) is 13.3 Å². The molecule has 0 aliphatic carbocycles. The Labute approximate surface area is 142 Å². The molecular formula is C17H34O5Si. The number of carbonyl (C=O) groups is 1. The molecular weight excluding hydrogens is 312 g/mol. The van der Waals surface area contributed by atoms with Gasteiger partial charge in [-0.2, -0.15) is 0 Å². The molecule has 2 atom stereocenters. The van der Waals surface area contributed by atoms with Crippen molar-refractivity contribution in [2.45, 2.75) is 90.1 Å². The lowest BCUT2D eigenvalue weighted by atomic mass is 9.85. The first-order valence-electron chi connectivity index (χ1n) is 8.55. The van der Waals surface area contributed by atoms with Crippen molar-refractivity contribution in [2.75, 3.05) is 13.2 Å². The van der Waals surface area contributed by atoms with E-state index < -0.39 is 19.5 Å². The SMILES string of the molecule is CC[C@]1(COC(C)=O)C[C@@](CC)(CO[Si](C)(C)C(C)(C)C)OO1. The van der Waals surface area contributed by atoms with Crippen molar-refractivity contribution in [3.8, 4) is 0 Å². The summed E-state index contributed by atoms with van der Waals surface area (Å²) in [4.78, 5) is 22.5. The van der Waals surface area contributed by atoms with Gasteiger partial charge in [-0.3, -0.25) is 4.79 Å². The van der Waals surface area contributed by atoms with Crippen LogP contribution in [0.4, 0.5) is 0 Å². The second-order valence-corrected chi connectivity index (χ2v) is 13.1. The molecule has 1 rings (SSSR count). The molecule has 0 N–H and O–H groups in total. The van der Waals surface area contributed by atoms with E-state index in [0.717, 1.165) is 12.8 Å². The predicted octanol–water partition coefficient (Wildman–Crippen LogP) is 4.22. The largest absolute Gasteiger partial charge is 0.463 e. The van der Waals surface area contributed by atoms with E-state index in [-0.39, 0.29) is 17.6 Å². The Balaban J connectivity index is 2.78. The molecule has 0 bridgehead atoms. The Morgan fingerprint density at radius 2 is 1.57 bits per heavy atom. The van der Waals surface area contributed by atoms with E-state index in [9.17, 15) is 4.79 Å². The van der Waals surface area contributed by atoms with Crippen molar-refractivity contribution < 1.29 is 23.7 Å². The molecule has 0 spiro atoms. The topological polar surface area (TPSA) is 54.0 Å². The predicted molar refractivity (Wildman–Crippen MR) is 92.6 cm³/mol. The summed E-state index contributed by atoms with van der Waals surface area (Å²) in [5.41, 5.74) is -1.04. The van der Waals surface area contributed by atoms with Crippen LogP contribution >= 0.6 is 0 Å². The number of hydrogen-bond donors (Lipinski definition) is 0. The summed E-state index contributed by atoms with van der Waals surface area (Å²) in [5, 5.41) is 0.154. The molecule has 23 heavy (non-hydrogen) atoms. The third-order valence-electron chi connectivity index (χ3n) is 5.37. The normalized spacial score (nSPS) is 28.9. The minimum atomic E-state index is -1.85. The van der Waals surface area contributed by atoms with Crippen molar-refractivity contribution in [1.29, 1.82) is 0 Å². The van der Waals surface area contributed by atoms with Gasteiger partial charge in [-0.05, 0) is 31.0 Å². The highest BCUT2D eigenvalue weighted by atomic mass is 28.4. The zero-order valence-electron chi connectivity index (χ0n) is 16.1. The van der Waals surface area contributed by atoms with Crippen LogP contribution in [-0.4, -0.2) is 38.7 Å². The summed E-state index contributed by atoms with van der Waals surface area (Å²) in [5.74, 6) is -0.298. The molecule has 0 aromatic rings. The van der Waals surface area contributed by atoms with Crippen molar-refractivity contribution >= 4 is 14.3 Å². The van der Waals surface area contributed by atoms with Gasteiger partial charge >= 0.3 is 5.97 Å². The minimum absolute atomic E-state index is 0.154. The Morgan fingerprint density at radius 3 is 1.96 bits per heavy atom. The maximum atomic E-state index is 11.1. The molecule has 1 fully saturated rings. The molecule has 5 nitrogen and oxygen atoms in total. The first kappa shape index (κ1) is 20.6. The lowest BCUT2D eigenvalue weighted by molar-refractivity contribution is -0.358. The van der Waals surface area contributed by atoms with Gasteiger partial charge in [0.2, 0.25) is 0 Å². The van der Waals surface area contributed by atoms with Crippen LogP contribution in [0.3, 0.4) is 0 Å². The van der Waals surface area contributed by atoms with Crippen LogP contribution in [0.25, 0.3) is 0 Å². The van der Waals surface area contributed by atoms with Crippen LogP contribution in [0.15, 0.2) is 0 Å². The Morgan fingerprint density at radius 1 is 1.09 bits per heavy atom. The zero-order chi connectivity index (χ0) is 17.9. The Hall–Kier alpha value is -0.433. The van der Waals surface area contributed by atoms with Gasteiger partial charge in [-0.25, -0.2) is 9.78 Å². The number of carbonyl (C=O) groups excluding carboxylic acids is 1. The third-order valence-corrected chi connectivity index (χ3v) is 9.85. The van der Waals surface area contributed by atoms with E-state index in [0.29, 0.717) is 13.0 Å². The third kappa shape index (κ3) is 5.02. The van der Waals surface area contributed by atoms with Crippen LogP contribution in [-0.2, 0) is 23.7 Å². The molecule has 0 saturated carbocycles. The number of ether oxygens (including phenoxy) is 1. The van der Waals surface area contributed by atoms with E-state index in [1.54, 1.807) is 0 Å². The molecule has 1 aliphatic rings. The second kappa shape index (κ2) is 7.21. The summed E-state index contributed by atoms with van der Waals surface area (Å²) in [6.45, 7) is 17.4. The molecule has 0 aromatic carbocycles. The molecule has 0 aromatic heterocycles. The Bertz CT molecular complexity index is 418. The van der Waals surface area contributed by atoms with Gasteiger partial charge in [-0.1, -0.05) is 34.6 Å². The smallest absolute Gasteiger partial charge is 0.302 e. The van der Waals surface area contributed by atoms with Crippen molar-refractivity contribution in [3.05, 3.63) is 0 Å².